The molecule has 0 saturated carbocycles. The minimum absolute atomic E-state index is 0.0567. The van der Waals surface area contributed by atoms with E-state index in [-0.39, 0.29) is 42.0 Å². The number of ether oxygens (including phenoxy) is 8. The van der Waals surface area contributed by atoms with E-state index in [1.807, 2.05) is 6.07 Å². The molecule has 0 radical (unpaired) electrons. The Bertz CT molecular complexity index is 1690. The number of hydrogen-bond donors (Lipinski definition) is 8. The van der Waals surface area contributed by atoms with E-state index in [0.717, 1.165) is 0 Å². The first kappa shape index (κ1) is 39.8. The van der Waals surface area contributed by atoms with Crippen LogP contribution in [0.3, 0.4) is 0 Å². The minimum Gasteiger partial charge on any atom is -0.504 e. The third-order valence-electron chi connectivity index (χ3n) is 9.20. The summed E-state index contributed by atoms with van der Waals surface area (Å²) in [6, 6.07) is 11.0. The van der Waals surface area contributed by atoms with Gasteiger partial charge in [0, 0.05) is 11.1 Å². The third-order valence-corrected chi connectivity index (χ3v) is 9.20. The lowest BCUT2D eigenvalue weighted by Crippen LogP contribution is -2.59. The summed E-state index contributed by atoms with van der Waals surface area (Å²) in [5.41, 5.74) is 2.11. The standard InChI is InChI=1S/C37H46O16/c1-46-24-12-19(7-8-23(24)41)30(42)28(15-39)51-36-26(48-3)13-20(14-27(36)49-4)34-22(17-50-37-33(45)32(44)31(43)29(16-40)52-37)21-10-18(6-5-9-38)11-25(47-2)35(21)53-34/h5-8,10-14,22,28-34,37-45H,9,15-17H2,1-4H3/b6-5+/t22-,28+,29-,30-,31-,32+,33-,34+,37-/m1/s1. The molecule has 0 amide bonds. The van der Waals surface area contributed by atoms with Gasteiger partial charge < -0.3 is 78.7 Å². The first-order chi connectivity index (χ1) is 25.5. The summed E-state index contributed by atoms with van der Waals surface area (Å²) in [6.07, 6.45) is -7.65. The van der Waals surface area contributed by atoms with E-state index in [0.29, 0.717) is 33.8 Å². The predicted octanol–water partition coefficient (Wildman–Crippen LogP) is 0.939. The summed E-state index contributed by atoms with van der Waals surface area (Å²) in [6.45, 7) is -1.63. The summed E-state index contributed by atoms with van der Waals surface area (Å²) in [5, 5.41) is 81.9. The van der Waals surface area contributed by atoms with Gasteiger partial charge in [0.2, 0.25) is 5.75 Å². The van der Waals surface area contributed by atoms with E-state index in [2.05, 4.69) is 0 Å². The second-order valence-corrected chi connectivity index (χ2v) is 12.4. The molecule has 2 aliphatic heterocycles. The highest BCUT2D eigenvalue weighted by Crippen LogP contribution is 2.53. The number of methoxy groups -OCH3 is 4. The molecule has 16 nitrogen and oxygen atoms in total. The Balaban J connectivity index is 1.52. The molecular weight excluding hydrogens is 700 g/mol. The Morgan fingerprint density at radius 3 is 2.09 bits per heavy atom. The first-order valence-electron chi connectivity index (χ1n) is 16.7. The highest BCUT2D eigenvalue weighted by atomic mass is 16.7. The monoisotopic (exact) mass is 746 g/mol. The maximum Gasteiger partial charge on any atom is 0.204 e. The van der Waals surface area contributed by atoms with Crippen molar-refractivity contribution in [2.24, 2.45) is 0 Å². The molecule has 2 aliphatic rings. The zero-order valence-electron chi connectivity index (χ0n) is 29.6. The smallest absolute Gasteiger partial charge is 0.204 e. The molecule has 0 aromatic heterocycles. The van der Waals surface area contributed by atoms with Gasteiger partial charge in [-0.15, -0.1) is 0 Å². The number of hydrogen-bond acceptors (Lipinski definition) is 16. The van der Waals surface area contributed by atoms with Crippen molar-refractivity contribution < 1.29 is 78.7 Å². The van der Waals surface area contributed by atoms with Crippen LogP contribution in [0.5, 0.6) is 40.2 Å². The van der Waals surface area contributed by atoms with Crippen LogP contribution in [-0.4, -0.2) is 133 Å². The molecule has 3 aromatic carbocycles. The van der Waals surface area contributed by atoms with E-state index in [1.165, 1.54) is 46.6 Å². The van der Waals surface area contributed by atoms with Gasteiger partial charge in [-0.1, -0.05) is 18.2 Å². The van der Waals surface area contributed by atoms with Crippen LogP contribution in [0.15, 0.2) is 48.5 Å². The van der Waals surface area contributed by atoms with Gasteiger partial charge in [-0.3, -0.25) is 0 Å². The number of phenols is 1. The topological polar surface area (TPSA) is 236 Å². The SMILES string of the molecule is COc1cc([C@@H](O)[C@H](CO)Oc2c(OC)cc([C@@H]3Oc4c(OC)cc(/C=C/CO)cc4[C@H]3CO[C@@H]3O[C@H](CO)[C@@H](O)[C@H](O)[C@H]3O)cc2OC)ccc1O. The molecule has 0 unspecified atom stereocenters. The van der Waals surface area contributed by atoms with Crippen molar-refractivity contribution in [2.75, 3.05) is 54.9 Å². The fraction of sp³-hybridized carbons (Fsp3) is 0.459. The molecule has 16 heteroatoms. The second-order valence-electron chi connectivity index (χ2n) is 12.4. The Labute approximate surface area is 305 Å². The number of aliphatic hydroxyl groups is 7. The summed E-state index contributed by atoms with van der Waals surface area (Å²) >= 11 is 0. The quantitative estimate of drug-likeness (QED) is 0.102. The van der Waals surface area contributed by atoms with Gasteiger partial charge >= 0.3 is 0 Å². The fourth-order valence-electron chi connectivity index (χ4n) is 6.36. The van der Waals surface area contributed by atoms with Gasteiger partial charge in [-0.2, -0.15) is 0 Å². The van der Waals surface area contributed by atoms with Crippen LogP contribution in [0.4, 0.5) is 0 Å². The average molecular weight is 747 g/mol. The first-order valence-corrected chi connectivity index (χ1v) is 16.7. The molecule has 290 valence electrons. The lowest BCUT2D eigenvalue weighted by atomic mass is 9.90. The molecule has 9 atom stereocenters. The van der Waals surface area contributed by atoms with Crippen molar-refractivity contribution in [1.82, 2.24) is 0 Å². The lowest BCUT2D eigenvalue weighted by Gasteiger charge is -2.40. The normalized spacial score (nSPS) is 25.0. The zero-order chi connectivity index (χ0) is 38.4. The van der Waals surface area contributed by atoms with Gasteiger partial charge in [0.1, 0.15) is 36.6 Å². The fourth-order valence-corrected chi connectivity index (χ4v) is 6.36. The van der Waals surface area contributed by atoms with Crippen LogP contribution >= 0.6 is 0 Å². The van der Waals surface area contributed by atoms with Crippen molar-refractivity contribution in [2.45, 2.75) is 54.9 Å². The van der Waals surface area contributed by atoms with Gasteiger partial charge in [0.15, 0.2) is 46.9 Å². The predicted molar refractivity (Wildman–Crippen MR) is 186 cm³/mol. The van der Waals surface area contributed by atoms with E-state index in [1.54, 1.807) is 30.4 Å². The number of aromatic hydroxyl groups is 1. The Morgan fingerprint density at radius 1 is 0.811 bits per heavy atom. The summed E-state index contributed by atoms with van der Waals surface area (Å²) < 4.78 is 46.5. The average Bonchev–Trinajstić information content (AvgIpc) is 3.55. The zero-order valence-corrected chi connectivity index (χ0v) is 29.6. The van der Waals surface area contributed by atoms with Gasteiger partial charge in [0.25, 0.3) is 0 Å². The third kappa shape index (κ3) is 8.26. The molecule has 0 spiro atoms. The number of fused-ring (bicyclic) bond motifs is 1. The Kier molecular flexibility index (Phi) is 13.3. The number of aliphatic hydroxyl groups excluding tert-OH is 7. The van der Waals surface area contributed by atoms with Crippen LogP contribution in [0.2, 0.25) is 0 Å². The summed E-state index contributed by atoms with van der Waals surface area (Å²) in [5.74, 6) is 0.464. The number of phenolic OH excluding ortho intramolecular Hbond substituents is 1. The number of benzene rings is 3. The Hall–Kier alpha value is -4.36. The molecular formula is C37H46O16. The van der Waals surface area contributed by atoms with Crippen LogP contribution in [-0.2, 0) is 9.47 Å². The highest BCUT2D eigenvalue weighted by Gasteiger charge is 2.46. The van der Waals surface area contributed by atoms with Crippen molar-refractivity contribution in [3.8, 4) is 40.2 Å². The van der Waals surface area contributed by atoms with Gasteiger partial charge in [0.05, 0.1) is 60.8 Å². The van der Waals surface area contributed by atoms with E-state index >= 15 is 0 Å². The molecule has 53 heavy (non-hydrogen) atoms. The van der Waals surface area contributed by atoms with Crippen molar-refractivity contribution in [1.29, 1.82) is 0 Å². The van der Waals surface area contributed by atoms with E-state index in [9.17, 15) is 40.9 Å². The van der Waals surface area contributed by atoms with Gasteiger partial charge in [-0.25, -0.2) is 0 Å². The molecule has 0 aliphatic carbocycles. The summed E-state index contributed by atoms with van der Waals surface area (Å²) in [4.78, 5) is 0. The van der Waals surface area contributed by atoms with E-state index < -0.39 is 68.1 Å². The molecule has 1 fully saturated rings. The molecule has 5 rings (SSSR count). The molecule has 8 N–H and O–H groups in total. The second kappa shape index (κ2) is 17.6. The lowest BCUT2D eigenvalue weighted by molar-refractivity contribution is -0.302. The van der Waals surface area contributed by atoms with Crippen molar-refractivity contribution >= 4 is 6.08 Å². The maximum atomic E-state index is 11.2. The van der Waals surface area contributed by atoms with Crippen LogP contribution in [0, 0.1) is 0 Å². The number of rotatable bonds is 16. The van der Waals surface area contributed by atoms with Crippen LogP contribution < -0.4 is 28.4 Å². The maximum absolute atomic E-state index is 11.2. The molecule has 1 saturated heterocycles. The minimum atomic E-state index is -1.65. The van der Waals surface area contributed by atoms with Crippen LogP contribution in [0.1, 0.15) is 40.4 Å². The Morgan fingerprint density at radius 2 is 1.49 bits per heavy atom. The van der Waals surface area contributed by atoms with Crippen molar-refractivity contribution in [3.05, 3.63) is 70.8 Å². The molecule has 3 aromatic rings. The van der Waals surface area contributed by atoms with Gasteiger partial charge in [-0.05, 0) is 47.5 Å². The molecule has 2 heterocycles. The summed E-state index contributed by atoms with van der Waals surface area (Å²) in [7, 11) is 5.63. The van der Waals surface area contributed by atoms with E-state index in [4.69, 9.17) is 37.9 Å². The highest BCUT2D eigenvalue weighted by molar-refractivity contribution is 5.63. The molecule has 0 bridgehead atoms. The van der Waals surface area contributed by atoms with Crippen molar-refractivity contribution in [3.63, 3.8) is 0 Å². The van der Waals surface area contributed by atoms with Crippen LogP contribution in [0.25, 0.3) is 6.08 Å². The largest absolute Gasteiger partial charge is 0.504 e.